The molecule has 0 spiro atoms. The molecule has 2 saturated heterocycles. The van der Waals surface area contributed by atoms with E-state index in [0.29, 0.717) is 109 Å². The first-order valence-corrected chi connectivity index (χ1v) is 30.2. The second-order valence-corrected chi connectivity index (χ2v) is 26.9. The largest absolute Gasteiger partial charge is 0.501 e. The summed E-state index contributed by atoms with van der Waals surface area (Å²) < 4.78 is 126. The molecule has 4 N–H and O–H groups in total. The molecule has 14 nitrogen and oxygen atoms in total. The Kier molecular flexibility index (Phi) is 17.6. The molecular formula is C54H70F5N7O7S3. The van der Waals surface area contributed by atoms with Crippen molar-refractivity contribution in [1.82, 2.24) is 19.4 Å². The molecule has 6 aliphatic rings. The number of nitrogens with two attached hydrogens (primary N) is 1. The number of piperazine rings is 2. The van der Waals surface area contributed by atoms with Crippen LogP contribution in [0.15, 0.2) is 98.6 Å². The van der Waals surface area contributed by atoms with Gasteiger partial charge in [0.2, 0.25) is 18.2 Å². The van der Waals surface area contributed by atoms with E-state index in [1.54, 1.807) is 17.0 Å². The van der Waals surface area contributed by atoms with Crippen LogP contribution in [0.25, 0.3) is 0 Å². The molecule has 22 heteroatoms. The van der Waals surface area contributed by atoms with Crippen LogP contribution in [-0.2, 0) is 29.4 Å². The van der Waals surface area contributed by atoms with E-state index in [1.807, 2.05) is 35.1 Å². The van der Waals surface area contributed by atoms with Crippen LogP contribution in [0.2, 0.25) is 0 Å². The van der Waals surface area contributed by atoms with Gasteiger partial charge < -0.3 is 20.9 Å². The van der Waals surface area contributed by atoms with Crippen molar-refractivity contribution in [2.24, 2.45) is 22.0 Å². The van der Waals surface area contributed by atoms with Crippen molar-refractivity contribution in [2.45, 2.75) is 124 Å². The average molecular weight is 1120 g/mol. The molecule has 3 aromatic carbocycles. The Morgan fingerprint density at radius 2 is 1.45 bits per heavy atom. The summed E-state index contributed by atoms with van der Waals surface area (Å²) in [6.07, 6.45) is 5.42. The van der Waals surface area contributed by atoms with Crippen LogP contribution in [0.3, 0.4) is 0 Å². The third-order valence-corrected chi connectivity index (χ3v) is 20.1. The van der Waals surface area contributed by atoms with E-state index >= 15 is 0 Å². The van der Waals surface area contributed by atoms with Crippen LogP contribution in [-0.4, -0.2) is 138 Å². The Hall–Kier alpha value is -4.77. The van der Waals surface area contributed by atoms with E-state index in [0.717, 1.165) is 61.6 Å². The number of hydrogen-bond donors (Lipinski definition) is 3. The number of benzene rings is 3. The van der Waals surface area contributed by atoms with Crippen molar-refractivity contribution >= 4 is 60.7 Å². The lowest BCUT2D eigenvalue weighted by Gasteiger charge is -2.72. The second-order valence-electron chi connectivity index (χ2n) is 22.3. The number of carbonyl (C=O) groups is 3. The number of alkyl halides is 5. The number of halogens is 5. The Balaban J connectivity index is 0.891. The fourth-order valence-corrected chi connectivity index (χ4v) is 14.7. The zero-order valence-corrected chi connectivity index (χ0v) is 45.6. The number of amides is 3. The summed E-state index contributed by atoms with van der Waals surface area (Å²) in [6, 6.07) is 17.2. The number of unbranched alkanes of at least 4 members (excludes halogenated alkanes) is 2. The van der Waals surface area contributed by atoms with Crippen molar-refractivity contribution < 1.29 is 53.2 Å². The fraction of sp³-hybridized carbons (Fsp3) is 0.574. The van der Waals surface area contributed by atoms with Crippen molar-refractivity contribution in [2.75, 3.05) is 81.4 Å². The van der Waals surface area contributed by atoms with Gasteiger partial charge in [0.15, 0.2) is 0 Å². The lowest BCUT2D eigenvalue weighted by Crippen LogP contribution is -2.66. The second kappa shape index (κ2) is 23.3. The van der Waals surface area contributed by atoms with Gasteiger partial charge in [-0.15, -0.1) is 11.8 Å². The number of hydrogen-bond acceptors (Lipinski definition) is 12. The number of primary amides is 1. The molecule has 2 heterocycles. The molecule has 2 bridgehead atoms. The molecule has 3 aromatic rings. The van der Waals surface area contributed by atoms with Gasteiger partial charge >= 0.3 is 5.51 Å². The first-order valence-electron chi connectivity index (χ1n) is 26.2. The Morgan fingerprint density at radius 3 is 2.08 bits per heavy atom. The van der Waals surface area contributed by atoms with Crippen molar-refractivity contribution in [1.29, 1.82) is 0 Å². The summed E-state index contributed by atoms with van der Waals surface area (Å²) in [5.41, 5.74) is 1.80. The number of thioether (sulfide) groups is 1. The minimum Gasteiger partial charge on any atom is -0.380 e. The molecular weight excluding hydrogens is 1050 g/mol. The first-order chi connectivity index (χ1) is 35.9. The maximum Gasteiger partial charge on any atom is 0.501 e. The van der Waals surface area contributed by atoms with Gasteiger partial charge in [-0.2, -0.15) is 13.2 Å². The summed E-state index contributed by atoms with van der Waals surface area (Å²) in [5.74, 6) is -1.14. The zero-order chi connectivity index (χ0) is 54.7. The molecule has 2 aliphatic heterocycles. The van der Waals surface area contributed by atoms with Gasteiger partial charge in [0, 0.05) is 112 Å². The summed E-state index contributed by atoms with van der Waals surface area (Å²) in [4.78, 5) is 44.4. The van der Waals surface area contributed by atoms with Crippen LogP contribution in [0.4, 0.5) is 33.3 Å². The first kappa shape index (κ1) is 57.4. The van der Waals surface area contributed by atoms with Gasteiger partial charge in [0.25, 0.3) is 25.8 Å². The van der Waals surface area contributed by atoms with E-state index in [1.165, 1.54) is 35.0 Å². The third-order valence-electron chi connectivity index (χ3n) is 16.1. The van der Waals surface area contributed by atoms with Gasteiger partial charge in [0.05, 0.1) is 10.6 Å². The monoisotopic (exact) mass is 1120 g/mol. The predicted octanol–water partition coefficient (Wildman–Crippen LogP) is 8.71. The lowest BCUT2D eigenvalue weighted by molar-refractivity contribution is -0.250. The molecule has 0 unspecified atom stereocenters. The van der Waals surface area contributed by atoms with Crippen molar-refractivity contribution in [3.8, 4) is 0 Å². The number of sulfone groups is 1. The normalized spacial score (nSPS) is 22.7. The number of anilines is 2. The third kappa shape index (κ3) is 13.4. The summed E-state index contributed by atoms with van der Waals surface area (Å²) in [7, 11) is -11.0. The van der Waals surface area contributed by atoms with Gasteiger partial charge in [-0.3, -0.25) is 24.2 Å². The summed E-state index contributed by atoms with van der Waals surface area (Å²) in [6.45, 7) is 10.7. The van der Waals surface area contributed by atoms with Crippen LogP contribution >= 0.6 is 11.8 Å². The molecule has 76 heavy (non-hydrogen) atoms. The highest BCUT2D eigenvalue weighted by Crippen LogP contribution is 2.79. The summed E-state index contributed by atoms with van der Waals surface area (Å²) in [5, 5.41) is 2.99. The van der Waals surface area contributed by atoms with Crippen LogP contribution < -0.4 is 20.7 Å². The van der Waals surface area contributed by atoms with Crippen molar-refractivity contribution in [3.05, 3.63) is 89.5 Å². The molecule has 3 amide bonds. The van der Waals surface area contributed by atoms with Gasteiger partial charge in [-0.1, -0.05) is 49.6 Å². The highest BCUT2D eigenvalue weighted by Gasteiger charge is 2.73. The van der Waals surface area contributed by atoms with Crippen LogP contribution in [0.1, 0.15) is 101 Å². The molecule has 416 valence electrons. The predicted molar refractivity (Wildman–Crippen MR) is 283 cm³/mol. The lowest BCUT2D eigenvalue weighted by atomic mass is 9.32. The number of sulfonamides is 1. The smallest absolute Gasteiger partial charge is 0.380 e. The highest BCUT2D eigenvalue weighted by molar-refractivity contribution is 7.99. The molecule has 5 fully saturated rings. The number of nitrogens with one attached hydrogen (secondary N) is 2. The number of rotatable bonds is 23. The minimum atomic E-state index is -6.14. The molecule has 3 saturated carbocycles. The zero-order valence-electron chi connectivity index (χ0n) is 43.2. The number of allylic oxidation sites excluding steroid dienone is 1. The van der Waals surface area contributed by atoms with E-state index in [4.69, 9.17) is 5.73 Å². The fourth-order valence-electron chi connectivity index (χ4n) is 11.7. The van der Waals surface area contributed by atoms with E-state index in [2.05, 4.69) is 33.9 Å². The molecule has 0 aromatic heterocycles. The highest BCUT2D eigenvalue weighted by atomic mass is 32.2. The maximum atomic E-state index is 14.4. The minimum absolute atomic E-state index is 0.0105. The number of carbonyl (C=O) groups excluding carboxylic acids is 3. The Bertz CT molecular complexity index is 2820. The Labute approximate surface area is 447 Å². The molecule has 0 radical (unpaired) electrons. The van der Waals surface area contributed by atoms with Gasteiger partial charge in [0.1, 0.15) is 4.90 Å². The SMILES string of the molecule is CC1(C)CCC(CN2CCN(c3ccc(C(=O)NS(=O)(=O)c4ccc(N[C@H](CCN5CCN(C(=O)CCCCCC(N)=O)CC5)CSc5ccccc5)c(S(=O)(=O)C(F)(F)F)c4)cc3)CC2)=C(C23CC(C(F)F)(C2)C3)C1. The molecule has 1 atom stereocenters. The molecule has 9 rings (SSSR count). The van der Waals surface area contributed by atoms with Crippen LogP contribution in [0, 0.1) is 16.2 Å². The summed E-state index contributed by atoms with van der Waals surface area (Å²) >= 11 is 1.40. The average Bonchev–Trinajstić information content (AvgIpc) is 3.55. The quantitative estimate of drug-likeness (QED) is 0.0356. The number of nitrogens with zero attached hydrogens (tertiary/aromatic N) is 4. The van der Waals surface area contributed by atoms with Gasteiger partial charge in [-0.25, -0.2) is 30.3 Å². The van der Waals surface area contributed by atoms with E-state index in [9.17, 15) is 53.2 Å². The maximum absolute atomic E-state index is 14.4. The topological polar surface area (TPSA) is 183 Å². The van der Waals surface area contributed by atoms with E-state index in [-0.39, 0.29) is 34.6 Å². The van der Waals surface area contributed by atoms with E-state index < -0.39 is 64.6 Å². The molecule has 4 aliphatic carbocycles. The van der Waals surface area contributed by atoms with Crippen LogP contribution in [0.5, 0.6) is 0 Å². The van der Waals surface area contributed by atoms with Gasteiger partial charge in [-0.05, 0) is 123 Å². The Morgan fingerprint density at radius 1 is 0.803 bits per heavy atom. The van der Waals surface area contributed by atoms with Crippen molar-refractivity contribution in [3.63, 3.8) is 0 Å². The standard InChI is InChI=1S/C54H70F5N7O7S3/c1-51(2)21-19-39(44(32-51)52-35-53(36-52,37-52)50(55)56)33-64-25-27-65(28-26-64)41-15-13-38(14-16-41)49(69)62-76(72,73)43-17-18-45(46(31-43)75(70,71)54(57,58)59)61-40(34-74-42-9-5-3-6-10-42)20-22-63-23-29-66(30-24-63)48(68)12-8-4-7-11-47(60)67/h3,5-6,9-10,13-18,31,40,50,61H,4,7-8,11-12,19-30,32-37H2,1-2H3,(H2,60,67)(H,62,69)/t40-,52?,53?/m1/s1.